The maximum absolute atomic E-state index is 12.4. The van der Waals surface area contributed by atoms with Crippen LogP contribution in [-0.4, -0.2) is 47.1 Å². The van der Waals surface area contributed by atoms with E-state index in [0.717, 1.165) is 38.5 Å². The van der Waals surface area contributed by atoms with Crippen molar-refractivity contribution in [3.8, 4) is 5.75 Å². The summed E-state index contributed by atoms with van der Waals surface area (Å²) in [5.41, 5.74) is 2.82. The number of benzene rings is 1. The molecule has 5 atom stereocenters. The third-order valence-corrected chi connectivity index (χ3v) is 8.16. The number of aryl methyl sites for hydroxylation is 1. The minimum atomic E-state index is -0.395. The van der Waals surface area contributed by atoms with Gasteiger partial charge in [0.2, 0.25) is 0 Å². The van der Waals surface area contributed by atoms with Gasteiger partial charge in [0.1, 0.15) is 5.75 Å². The summed E-state index contributed by atoms with van der Waals surface area (Å²) in [6.07, 6.45) is 5.98. The first kappa shape index (κ1) is 28.3. The third-order valence-electron chi connectivity index (χ3n) is 7.82. The van der Waals surface area contributed by atoms with Crippen LogP contribution in [0.5, 0.6) is 5.75 Å². The number of fused-ring (bicyclic) bond motifs is 5. The first-order valence-corrected chi connectivity index (χ1v) is 11.9. The molecular weight excluding hydrogens is 455 g/mol. The molecule has 31 heavy (non-hydrogen) atoms. The Labute approximate surface area is 243 Å². The first-order valence-electron chi connectivity index (χ1n) is 10.9. The second-order valence-corrected chi connectivity index (χ2v) is 9.90. The number of carbonyl (C=O) groups is 1. The van der Waals surface area contributed by atoms with Gasteiger partial charge in [-0.3, -0.25) is 0 Å². The van der Waals surface area contributed by atoms with Crippen LogP contribution in [0.25, 0.3) is 0 Å². The number of hydrogen-bond acceptors (Lipinski definition) is 3. The van der Waals surface area contributed by atoms with Gasteiger partial charge in [0.15, 0.2) is 0 Å². The molecule has 8 heteroatoms. The van der Waals surface area contributed by atoms with Crippen molar-refractivity contribution in [1.82, 2.24) is 4.90 Å². The van der Waals surface area contributed by atoms with Gasteiger partial charge < -0.3 is 17.6 Å². The number of amides is 1. The van der Waals surface area contributed by atoms with Crippen LogP contribution in [0.1, 0.15) is 58.9 Å². The molecule has 4 rings (SSSR count). The average molecular weight is 488 g/mol. The van der Waals surface area contributed by atoms with Crippen molar-refractivity contribution in [2.75, 3.05) is 24.8 Å². The van der Waals surface area contributed by atoms with Gasteiger partial charge in [-0.15, -0.1) is 23.2 Å². The van der Waals surface area contributed by atoms with E-state index in [1.165, 1.54) is 11.1 Å². The van der Waals surface area contributed by atoms with Crippen LogP contribution in [0.4, 0.5) is 4.79 Å². The molecule has 0 bridgehead atoms. The molecule has 0 heterocycles. The van der Waals surface area contributed by atoms with Crippen molar-refractivity contribution >= 4 is 29.3 Å². The molecule has 0 radical (unpaired) electrons. The summed E-state index contributed by atoms with van der Waals surface area (Å²) in [6.45, 7) is 3.15. The van der Waals surface area contributed by atoms with Gasteiger partial charge in [-0.05, 0) is 85.0 Å². The molecule has 1 aromatic rings. The molecule has 3 aliphatic carbocycles. The van der Waals surface area contributed by atoms with Gasteiger partial charge >= 0.3 is 65.2 Å². The van der Waals surface area contributed by atoms with Gasteiger partial charge in [0.05, 0.1) is 6.10 Å². The topological polar surface area (TPSA) is 49.8 Å². The van der Waals surface area contributed by atoms with Crippen LogP contribution >= 0.6 is 23.2 Å². The van der Waals surface area contributed by atoms with Gasteiger partial charge in [-0.25, -0.2) is 4.79 Å². The van der Waals surface area contributed by atoms with Gasteiger partial charge in [0, 0.05) is 24.8 Å². The SMILES string of the molecule is C[C@]12CC[C@@H]3c4ccc(OC(=O)N(CCCl)CCCl)cc4CC[C@H]3[C@@H]1CC[C@@H]2O.[H-].[H-].[Na+].[Na+]. The first-order chi connectivity index (χ1) is 14.0. The van der Waals surface area contributed by atoms with Gasteiger partial charge in [-0.2, -0.15) is 0 Å². The fourth-order valence-electron chi connectivity index (χ4n) is 6.26. The molecule has 1 amide bonds. The predicted octanol–water partition coefficient (Wildman–Crippen LogP) is -0.585. The van der Waals surface area contributed by atoms with Gasteiger partial charge in [0.25, 0.3) is 0 Å². The smallest absolute Gasteiger partial charge is 1.00 e. The van der Waals surface area contributed by atoms with E-state index >= 15 is 0 Å². The molecule has 0 spiro atoms. The molecule has 164 valence electrons. The molecule has 2 fully saturated rings. The maximum atomic E-state index is 12.4. The number of carbonyl (C=O) groups excluding carboxylic acids is 1. The summed E-state index contributed by atoms with van der Waals surface area (Å²) in [4.78, 5) is 14.0. The van der Waals surface area contributed by atoms with E-state index in [-0.39, 0.29) is 73.5 Å². The van der Waals surface area contributed by atoms with Crippen molar-refractivity contribution in [2.45, 2.75) is 57.5 Å². The van der Waals surface area contributed by atoms with E-state index in [9.17, 15) is 9.90 Å². The summed E-state index contributed by atoms with van der Waals surface area (Å²) in [7, 11) is 0. The van der Waals surface area contributed by atoms with E-state index < -0.39 is 6.09 Å². The van der Waals surface area contributed by atoms with Crippen LogP contribution in [0.2, 0.25) is 0 Å². The summed E-state index contributed by atoms with van der Waals surface area (Å²) in [5.74, 6) is 3.16. The Hall–Kier alpha value is 1.03. The second kappa shape index (κ2) is 12.1. The normalized spacial score (nSPS) is 30.7. The van der Waals surface area contributed by atoms with Crippen LogP contribution in [0.3, 0.4) is 0 Å². The molecule has 0 unspecified atom stereocenters. The molecule has 4 nitrogen and oxygen atoms in total. The summed E-state index contributed by atoms with van der Waals surface area (Å²) in [5, 5.41) is 10.5. The van der Waals surface area contributed by atoms with Crippen LogP contribution in [0.15, 0.2) is 18.2 Å². The fraction of sp³-hybridized carbons (Fsp3) is 0.696. The summed E-state index contributed by atoms with van der Waals surface area (Å²) < 4.78 is 5.62. The number of ether oxygens (including phenoxy) is 1. The average Bonchev–Trinajstić information content (AvgIpc) is 3.02. The zero-order valence-corrected chi connectivity index (χ0v) is 24.6. The summed E-state index contributed by atoms with van der Waals surface area (Å²) >= 11 is 11.6. The van der Waals surface area contributed by atoms with E-state index in [1.54, 1.807) is 4.90 Å². The van der Waals surface area contributed by atoms with Crippen molar-refractivity contribution < 1.29 is 76.6 Å². The van der Waals surface area contributed by atoms with Crippen LogP contribution in [0, 0.1) is 17.3 Å². The number of nitrogens with zero attached hydrogens (tertiary/aromatic N) is 1. The second-order valence-electron chi connectivity index (χ2n) is 9.15. The van der Waals surface area contributed by atoms with Crippen molar-refractivity contribution in [3.05, 3.63) is 29.3 Å². The Kier molecular flexibility index (Phi) is 11.1. The number of halogens is 2. The van der Waals surface area contributed by atoms with E-state index in [0.29, 0.717) is 48.4 Å². The van der Waals surface area contributed by atoms with Crippen molar-refractivity contribution in [3.63, 3.8) is 0 Å². The molecular formula is C23H33Cl2NNa2O3. The third kappa shape index (κ3) is 5.65. The number of aliphatic hydroxyl groups excluding tert-OH is 1. The number of rotatable bonds is 5. The number of hydrogen-bond donors (Lipinski definition) is 1. The largest absolute Gasteiger partial charge is 1.00 e. The van der Waals surface area contributed by atoms with E-state index in [2.05, 4.69) is 13.0 Å². The van der Waals surface area contributed by atoms with Crippen LogP contribution in [-0.2, 0) is 6.42 Å². The number of aliphatic hydroxyl groups is 1. The monoisotopic (exact) mass is 487 g/mol. The molecule has 0 aliphatic heterocycles. The number of alkyl halides is 2. The molecule has 0 saturated heterocycles. The van der Waals surface area contributed by atoms with E-state index in [1.807, 2.05) is 12.1 Å². The molecule has 1 aromatic carbocycles. The zero-order chi connectivity index (χ0) is 20.6. The minimum Gasteiger partial charge on any atom is -1.00 e. The molecule has 3 aliphatic rings. The van der Waals surface area contributed by atoms with Crippen molar-refractivity contribution in [1.29, 1.82) is 0 Å². The Morgan fingerprint density at radius 2 is 1.90 bits per heavy atom. The molecule has 1 N–H and O–H groups in total. The Balaban J connectivity index is 0.00000256. The van der Waals surface area contributed by atoms with E-state index in [4.69, 9.17) is 27.9 Å². The Bertz CT molecular complexity index is 773. The molecule has 2 saturated carbocycles. The van der Waals surface area contributed by atoms with Crippen LogP contribution < -0.4 is 63.9 Å². The maximum Gasteiger partial charge on any atom is 1.00 e. The summed E-state index contributed by atoms with van der Waals surface area (Å²) in [6, 6.07) is 6.13. The fourth-order valence-corrected chi connectivity index (χ4v) is 6.67. The van der Waals surface area contributed by atoms with Crippen molar-refractivity contribution in [2.24, 2.45) is 17.3 Å². The predicted molar refractivity (Wildman–Crippen MR) is 118 cm³/mol. The zero-order valence-electron chi connectivity index (χ0n) is 21.1. The Morgan fingerprint density at radius 1 is 1.19 bits per heavy atom. The van der Waals surface area contributed by atoms with Gasteiger partial charge in [-0.1, -0.05) is 13.0 Å². The quantitative estimate of drug-likeness (QED) is 0.446. The standard InChI is InChI=1S/C23H31Cl2NO3.2Na.2H/c1-23-9-8-18-17-5-3-16(29-22(28)26(12-10-24)13-11-25)14-15(17)2-4-19(18)20(23)6-7-21(23)27;;;;/h3,5,14,18-21,27H,2,4,6-13H2,1H3;;;;/q;2*+1;2*-1/t18-,19-,20+,21+,23+;;;;/m1..../s1. The molecule has 0 aromatic heterocycles. The minimum absolute atomic E-state index is 0. The Morgan fingerprint density at radius 3 is 2.58 bits per heavy atom.